The van der Waals surface area contributed by atoms with Crippen LogP contribution in [0.5, 0.6) is 5.75 Å². The van der Waals surface area contributed by atoms with E-state index in [-0.39, 0.29) is 18.5 Å². The van der Waals surface area contributed by atoms with Crippen LogP contribution in [0.2, 0.25) is 5.02 Å². The largest absolute Gasteiger partial charge is 0.484 e. The molecule has 1 heterocycles. The summed E-state index contributed by atoms with van der Waals surface area (Å²) in [6.07, 6.45) is 0. The molecule has 0 atom stereocenters. The van der Waals surface area contributed by atoms with E-state index in [1.165, 1.54) is 0 Å². The van der Waals surface area contributed by atoms with E-state index in [0.29, 0.717) is 16.7 Å². The molecule has 26 heavy (non-hydrogen) atoms. The van der Waals surface area contributed by atoms with Crippen molar-refractivity contribution in [2.75, 3.05) is 11.9 Å². The minimum Gasteiger partial charge on any atom is -0.484 e. The van der Waals surface area contributed by atoms with Crippen LogP contribution in [0.15, 0.2) is 40.9 Å². The second-order valence-electron chi connectivity index (χ2n) is 5.95. The SMILES string of the molecule is Cc1ccccc1-c1nc(NC(=O)COc2cc(C)c(Cl)c(C)c2)no1. The second-order valence-corrected chi connectivity index (χ2v) is 6.32. The van der Waals surface area contributed by atoms with Gasteiger partial charge < -0.3 is 9.26 Å². The van der Waals surface area contributed by atoms with Crippen LogP contribution in [0.4, 0.5) is 5.95 Å². The molecular formula is C19H18ClN3O3. The van der Waals surface area contributed by atoms with Crippen LogP contribution in [-0.2, 0) is 4.79 Å². The number of rotatable bonds is 5. The molecule has 0 saturated heterocycles. The summed E-state index contributed by atoms with van der Waals surface area (Å²) in [7, 11) is 0. The number of aryl methyl sites for hydroxylation is 3. The van der Waals surface area contributed by atoms with Crippen molar-refractivity contribution in [3.05, 3.63) is 58.1 Å². The van der Waals surface area contributed by atoms with Crippen LogP contribution in [0, 0.1) is 20.8 Å². The zero-order valence-corrected chi connectivity index (χ0v) is 15.4. The van der Waals surface area contributed by atoms with E-state index in [9.17, 15) is 4.79 Å². The minimum absolute atomic E-state index is 0.0975. The van der Waals surface area contributed by atoms with Crippen molar-refractivity contribution in [1.82, 2.24) is 10.1 Å². The quantitative estimate of drug-likeness (QED) is 0.722. The van der Waals surface area contributed by atoms with Gasteiger partial charge in [0.15, 0.2) is 6.61 Å². The fraction of sp³-hybridized carbons (Fsp3) is 0.211. The van der Waals surface area contributed by atoms with Crippen molar-refractivity contribution < 1.29 is 14.1 Å². The van der Waals surface area contributed by atoms with Crippen LogP contribution in [0.3, 0.4) is 0 Å². The monoisotopic (exact) mass is 371 g/mol. The van der Waals surface area contributed by atoms with Gasteiger partial charge in [0.05, 0.1) is 0 Å². The standard InChI is InChI=1S/C19H18ClN3O3/c1-11-6-4-5-7-15(11)18-22-19(23-26-18)21-16(24)10-25-14-8-12(2)17(20)13(3)9-14/h4-9H,10H2,1-3H3,(H,21,23,24). The van der Waals surface area contributed by atoms with Crippen LogP contribution in [0.25, 0.3) is 11.5 Å². The summed E-state index contributed by atoms with van der Waals surface area (Å²) < 4.78 is 10.7. The first kappa shape index (κ1) is 17.9. The normalized spacial score (nSPS) is 10.6. The first-order valence-corrected chi connectivity index (χ1v) is 8.41. The zero-order chi connectivity index (χ0) is 18.7. The lowest BCUT2D eigenvalue weighted by atomic mass is 10.1. The van der Waals surface area contributed by atoms with Crippen molar-refractivity contribution in [1.29, 1.82) is 0 Å². The average Bonchev–Trinajstić information content (AvgIpc) is 3.06. The number of amides is 1. The highest BCUT2D eigenvalue weighted by atomic mass is 35.5. The van der Waals surface area contributed by atoms with E-state index in [1.54, 1.807) is 12.1 Å². The summed E-state index contributed by atoms with van der Waals surface area (Å²) in [6, 6.07) is 11.2. The molecule has 134 valence electrons. The number of halogens is 1. The van der Waals surface area contributed by atoms with E-state index in [1.807, 2.05) is 45.0 Å². The molecule has 3 rings (SSSR count). The number of aromatic nitrogens is 2. The predicted octanol–water partition coefficient (Wildman–Crippen LogP) is 4.33. The summed E-state index contributed by atoms with van der Waals surface area (Å²) in [5, 5.41) is 7.03. The van der Waals surface area contributed by atoms with E-state index in [2.05, 4.69) is 15.5 Å². The highest BCUT2D eigenvalue weighted by Crippen LogP contribution is 2.26. The van der Waals surface area contributed by atoms with Crippen LogP contribution in [-0.4, -0.2) is 22.7 Å². The first-order chi connectivity index (χ1) is 12.4. The number of anilines is 1. The molecule has 0 bridgehead atoms. The maximum Gasteiger partial charge on any atom is 0.270 e. The van der Waals surface area contributed by atoms with Gasteiger partial charge in [-0.1, -0.05) is 29.8 Å². The Morgan fingerprint density at radius 3 is 2.54 bits per heavy atom. The summed E-state index contributed by atoms with van der Waals surface area (Å²) in [6.45, 7) is 5.54. The molecule has 2 aromatic carbocycles. The number of carbonyl (C=O) groups is 1. The van der Waals surface area contributed by atoms with Gasteiger partial charge in [-0.3, -0.25) is 10.1 Å². The molecule has 7 heteroatoms. The van der Waals surface area contributed by atoms with Gasteiger partial charge in [0.25, 0.3) is 17.7 Å². The first-order valence-electron chi connectivity index (χ1n) is 8.03. The third kappa shape index (κ3) is 4.03. The Morgan fingerprint density at radius 1 is 1.15 bits per heavy atom. The topological polar surface area (TPSA) is 77.2 Å². The summed E-state index contributed by atoms with van der Waals surface area (Å²) in [4.78, 5) is 16.2. The number of ether oxygens (including phenoxy) is 1. The maximum atomic E-state index is 12.1. The van der Waals surface area contributed by atoms with Gasteiger partial charge >= 0.3 is 0 Å². The second kappa shape index (κ2) is 7.58. The van der Waals surface area contributed by atoms with E-state index < -0.39 is 0 Å². The molecule has 3 aromatic rings. The lowest BCUT2D eigenvalue weighted by Crippen LogP contribution is -2.20. The molecule has 0 spiro atoms. The maximum absolute atomic E-state index is 12.1. The van der Waals surface area contributed by atoms with Gasteiger partial charge in [-0.2, -0.15) is 4.98 Å². The van der Waals surface area contributed by atoms with Gasteiger partial charge in [0.1, 0.15) is 5.75 Å². The Morgan fingerprint density at radius 2 is 1.85 bits per heavy atom. The summed E-state index contributed by atoms with van der Waals surface area (Å²) in [5.41, 5.74) is 3.61. The molecule has 0 aliphatic rings. The van der Waals surface area contributed by atoms with E-state index in [4.69, 9.17) is 20.9 Å². The van der Waals surface area contributed by atoms with Crippen molar-refractivity contribution >= 4 is 23.5 Å². The molecule has 0 unspecified atom stereocenters. The van der Waals surface area contributed by atoms with Crippen LogP contribution in [0.1, 0.15) is 16.7 Å². The Bertz CT molecular complexity index is 930. The summed E-state index contributed by atoms with van der Waals surface area (Å²) >= 11 is 6.12. The molecule has 0 aliphatic carbocycles. The van der Waals surface area contributed by atoms with E-state index in [0.717, 1.165) is 22.3 Å². The van der Waals surface area contributed by atoms with Gasteiger partial charge in [0.2, 0.25) is 0 Å². The predicted molar refractivity (Wildman–Crippen MR) is 99.5 cm³/mol. The highest BCUT2D eigenvalue weighted by molar-refractivity contribution is 6.32. The molecular weight excluding hydrogens is 354 g/mol. The molecule has 6 nitrogen and oxygen atoms in total. The van der Waals surface area contributed by atoms with Crippen molar-refractivity contribution in [3.63, 3.8) is 0 Å². The average molecular weight is 372 g/mol. The number of carbonyl (C=O) groups excluding carboxylic acids is 1. The Labute approximate surface area is 156 Å². The van der Waals surface area contributed by atoms with Gasteiger partial charge in [-0.25, -0.2) is 0 Å². The van der Waals surface area contributed by atoms with Gasteiger partial charge in [-0.05, 0) is 60.8 Å². The number of hydrogen-bond acceptors (Lipinski definition) is 5. The molecule has 0 saturated carbocycles. The number of nitrogens with zero attached hydrogens (tertiary/aromatic N) is 2. The lowest BCUT2D eigenvalue weighted by molar-refractivity contribution is -0.118. The summed E-state index contributed by atoms with van der Waals surface area (Å²) in [5.74, 6) is 0.643. The fourth-order valence-electron chi connectivity index (χ4n) is 2.50. The third-order valence-electron chi connectivity index (χ3n) is 3.83. The van der Waals surface area contributed by atoms with Crippen LogP contribution < -0.4 is 10.1 Å². The molecule has 1 N–H and O–H groups in total. The Kier molecular flexibility index (Phi) is 5.23. The number of nitrogens with one attached hydrogen (secondary N) is 1. The molecule has 1 aromatic heterocycles. The lowest BCUT2D eigenvalue weighted by Gasteiger charge is -2.09. The van der Waals surface area contributed by atoms with Crippen molar-refractivity contribution in [2.45, 2.75) is 20.8 Å². The Balaban J connectivity index is 1.62. The smallest absolute Gasteiger partial charge is 0.270 e. The van der Waals surface area contributed by atoms with Crippen molar-refractivity contribution in [3.8, 4) is 17.2 Å². The molecule has 0 aliphatic heterocycles. The molecule has 0 radical (unpaired) electrons. The molecule has 0 fully saturated rings. The number of benzene rings is 2. The van der Waals surface area contributed by atoms with E-state index >= 15 is 0 Å². The Hall–Kier alpha value is -2.86. The highest BCUT2D eigenvalue weighted by Gasteiger charge is 2.13. The minimum atomic E-state index is -0.382. The zero-order valence-electron chi connectivity index (χ0n) is 14.7. The fourth-order valence-corrected chi connectivity index (χ4v) is 2.60. The number of hydrogen-bond donors (Lipinski definition) is 1. The molecule has 1 amide bonds. The van der Waals surface area contributed by atoms with Crippen LogP contribution >= 0.6 is 11.6 Å². The van der Waals surface area contributed by atoms with Crippen molar-refractivity contribution in [2.24, 2.45) is 0 Å². The third-order valence-corrected chi connectivity index (χ3v) is 4.43. The van der Waals surface area contributed by atoms with Gasteiger partial charge in [0, 0.05) is 10.6 Å². The van der Waals surface area contributed by atoms with Gasteiger partial charge in [-0.15, -0.1) is 0 Å².